The third-order valence-electron chi connectivity index (χ3n) is 5.72. The standard InChI is InChI=1S/C21H20N10O6S3.Na.H/c1-7-3-10(31-21(24-7)27-15(28-31)14(22)32)38-4-8-5-39-18-12(17(34)30(18)13(8)19(35)36)26-16(33)11(29-37-2)9-6-40-20(23)25-9;;/h3,6,12,18H,4-5H2,1-2H3,(H2,22,32)(H2,23,25)(H,26,33)(H,35,36);;/q;+1;-1/b29-11-;;/t12-,18-;;/m1../s1. The molecular weight excluding hydrogens is 607 g/mol. The number of thiazole rings is 1. The summed E-state index contributed by atoms with van der Waals surface area (Å²) in [6.07, 6.45) is 0. The van der Waals surface area contributed by atoms with Crippen molar-refractivity contribution in [1.29, 1.82) is 0 Å². The molecule has 1 fully saturated rings. The van der Waals surface area contributed by atoms with Gasteiger partial charge in [-0.15, -0.1) is 40.0 Å². The minimum Gasteiger partial charge on any atom is -1.00 e. The number of fused-ring (bicyclic) bond motifs is 2. The summed E-state index contributed by atoms with van der Waals surface area (Å²) in [5.74, 6) is -2.91. The van der Waals surface area contributed by atoms with Crippen LogP contribution < -0.4 is 46.3 Å². The van der Waals surface area contributed by atoms with Gasteiger partial charge < -0.3 is 28.2 Å². The molecule has 1 saturated heterocycles. The van der Waals surface area contributed by atoms with E-state index in [0.717, 1.165) is 11.3 Å². The maximum atomic E-state index is 13.1. The van der Waals surface area contributed by atoms with Gasteiger partial charge in [0.05, 0.1) is 0 Å². The van der Waals surface area contributed by atoms with Crippen molar-refractivity contribution < 1.29 is 60.1 Å². The van der Waals surface area contributed by atoms with E-state index in [4.69, 9.17) is 16.3 Å². The van der Waals surface area contributed by atoms with Crippen LogP contribution in [0.5, 0.6) is 0 Å². The quantitative estimate of drug-likeness (QED) is 0.0452. The molecular formula is C21H21N10NaO6S3. The number of nitrogens with one attached hydrogen (secondary N) is 1. The molecule has 2 aliphatic rings. The average molecular weight is 629 g/mol. The number of carboxylic acid groups (broad SMARTS) is 1. The summed E-state index contributed by atoms with van der Waals surface area (Å²) >= 11 is 3.67. The van der Waals surface area contributed by atoms with Crippen LogP contribution in [0.4, 0.5) is 5.13 Å². The van der Waals surface area contributed by atoms with E-state index in [1.54, 1.807) is 13.0 Å². The first-order chi connectivity index (χ1) is 19.1. The van der Waals surface area contributed by atoms with Crippen LogP contribution in [0.2, 0.25) is 0 Å². The Labute approximate surface area is 267 Å². The number of anilines is 1. The van der Waals surface area contributed by atoms with Gasteiger partial charge >= 0.3 is 35.5 Å². The molecule has 20 heteroatoms. The Morgan fingerprint density at radius 1 is 1.34 bits per heavy atom. The maximum Gasteiger partial charge on any atom is 1.00 e. The molecule has 0 saturated carbocycles. The number of carbonyl (C=O) groups excluding carboxylic acids is 3. The summed E-state index contributed by atoms with van der Waals surface area (Å²) in [6, 6.07) is 0.732. The number of nitrogens with two attached hydrogens (primary N) is 2. The fourth-order valence-corrected chi connectivity index (χ4v) is 7.10. The molecule has 0 aromatic carbocycles. The van der Waals surface area contributed by atoms with Gasteiger partial charge in [0.15, 0.2) is 10.8 Å². The van der Waals surface area contributed by atoms with Gasteiger partial charge in [-0.2, -0.15) is 9.50 Å². The summed E-state index contributed by atoms with van der Waals surface area (Å²) in [4.78, 5) is 68.0. The number of thioether (sulfide) groups is 2. The number of amides is 3. The number of oxime groups is 1. The second kappa shape index (κ2) is 12.3. The number of carboxylic acids is 1. The van der Waals surface area contributed by atoms with Crippen molar-refractivity contribution in [1.82, 2.24) is 34.8 Å². The monoisotopic (exact) mass is 628 g/mol. The van der Waals surface area contributed by atoms with Crippen LogP contribution in [0.1, 0.15) is 23.4 Å². The van der Waals surface area contributed by atoms with Crippen molar-refractivity contribution in [3.63, 3.8) is 0 Å². The van der Waals surface area contributed by atoms with Gasteiger partial charge in [0.1, 0.15) is 34.9 Å². The van der Waals surface area contributed by atoms with Crippen molar-refractivity contribution in [2.45, 2.75) is 23.4 Å². The maximum absolute atomic E-state index is 13.1. The molecule has 3 aromatic heterocycles. The Hall–Kier alpha value is -3.23. The fraction of sp³-hybridized carbons (Fsp3) is 0.286. The molecule has 0 unspecified atom stereocenters. The zero-order valence-electron chi connectivity index (χ0n) is 22.7. The van der Waals surface area contributed by atoms with Gasteiger partial charge in [-0.25, -0.2) is 14.8 Å². The number of hydrogen-bond donors (Lipinski definition) is 4. The first kappa shape index (κ1) is 30.7. The summed E-state index contributed by atoms with van der Waals surface area (Å²) in [7, 11) is 1.26. The van der Waals surface area contributed by atoms with E-state index in [1.807, 2.05) is 0 Å². The smallest absolute Gasteiger partial charge is 1.00 e. The van der Waals surface area contributed by atoms with Crippen LogP contribution in [-0.2, 0) is 19.2 Å². The molecule has 16 nitrogen and oxygen atoms in total. The molecule has 0 spiro atoms. The zero-order chi connectivity index (χ0) is 28.7. The van der Waals surface area contributed by atoms with Crippen molar-refractivity contribution in [3.05, 3.63) is 39.9 Å². The fourth-order valence-electron chi connectivity index (χ4n) is 4.02. The van der Waals surface area contributed by atoms with Gasteiger partial charge in [0.25, 0.3) is 23.5 Å². The number of β-lactam (4-membered cyclic amide) rings is 1. The van der Waals surface area contributed by atoms with Crippen molar-refractivity contribution in [2.75, 3.05) is 24.3 Å². The summed E-state index contributed by atoms with van der Waals surface area (Å²) in [5.41, 5.74) is 11.9. The van der Waals surface area contributed by atoms with Crippen LogP contribution >= 0.6 is 34.9 Å². The van der Waals surface area contributed by atoms with Gasteiger partial charge in [-0.3, -0.25) is 19.3 Å². The van der Waals surface area contributed by atoms with Gasteiger partial charge in [0.2, 0.25) is 5.82 Å². The van der Waals surface area contributed by atoms with Crippen molar-refractivity contribution in [2.24, 2.45) is 10.9 Å². The Morgan fingerprint density at radius 3 is 2.73 bits per heavy atom. The molecule has 2 atom stereocenters. The molecule has 210 valence electrons. The molecule has 0 radical (unpaired) electrons. The predicted molar refractivity (Wildman–Crippen MR) is 146 cm³/mol. The molecule has 0 bridgehead atoms. The molecule has 41 heavy (non-hydrogen) atoms. The molecule has 5 rings (SSSR count). The van der Waals surface area contributed by atoms with Crippen LogP contribution in [0.15, 0.2) is 32.9 Å². The number of carbonyl (C=O) groups is 4. The second-order valence-electron chi connectivity index (χ2n) is 8.35. The number of aryl methyl sites for hydroxylation is 1. The number of aromatic nitrogens is 5. The van der Waals surface area contributed by atoms with Gasteiger partial charge in [-0.1, -0.05) is 5.16 Å². The summed E-state index contributed by atoms with van der Waals surface area (Å²) in [5, 5.41) is 22.1. The Morgan fingerprint density at radius 2 is 2.10 bits per heavy atom. The van der Waals surface area contributed by atoms with Crippen molar-refractivity contribution in [3.8, 4) is 0 Å². The van der Waals surface area contributed by atoms with Gasteiger partial charge in [0, 0.05) is 22.6 Å². The minimum absolute atomic E-state index is 0. The third-order valence-corrected chi connectivity index (χ3v) is 8.81. The Bertz CT molecular complexity index is 1650. The molecule has 5 heterocycles. The molecule has 2 aliphatic heterocycles. The first-order valence-corrected chi connectivity index (χ1v) is 14.2. The van der Waals surface area contributed by atoms with Crippen LogP contribution in [0, 0.1) is 6.92 Å². The Kier molecular flexibility index (Phi) is 9.24. The van der Waals surface area contributed by atoms with Crippen LogP contribution in [-0.4, -0.2) is 94.0 Å². The van der Waals surface area contributed by atoms with E-state index in [9.17, 15) is 24.3 Å². The van der Waals surface area contributed by atoms with E-state index in [-0.39, 0.29) is 76.3 Å². The number of nitrogen functional groups attached to an aromatic ring is 1. The third kappa shape index (κ3) is 5.90. The summed E-state index contributed by atoms with van der Waals surface area (Å²) in [6.45, 7) is 1.74. The molecule has 3 aromatic rings. The first-order valence-electron chi connectivity index (χ1n) is 11.3. The second-order valence-corrected chi connectivity index (χ2v) is 11.3. The molecule has 6 N–H and O–H groups in total. The minimum atomic E-state index is -1.27. The Balaban J connectivity index is 0.00000242. The number of aliphatic carboxylic acids is 1. The molecule has 3 amide bonds. The number of nitrogens with zero attached hydrogens (tertiary/aromatic N) is 7. The zero-order valence-corrected chi connectivity index (χ0v) is 26.2. The number of hydrogen-bond acceptors (Lipinski definition) is 14. The normalized spacial score (nSPS) is 18.4. The predicted octanol–water partition coefficient (Wildman–Crippen LogP) is -3.43. The van der Waals surface area contributed by atoms with E-state index in [1.165, 1.54) is 45.4 Å². The van der Waals surface area contributed by atoms with Crippen LogP contribution in [0.25, 0.3) is 5.78 Å². The van der Waals surface area contributed by atoms with E-state index < -0.39 is 35.1 Å². The molecule has 0 aliphatic carbocycles. The largest absolute Gasteiger partial charge is 1.00 e. The van der Waals surface area contributed by atoms with E-state index in [0.29, 0.717) is 16.3 Å². The van der Waals surface area contributed by atoms with Crippen LogP contribution in [0.3, 0.4) is 0 Å². The van der Waals surface area contributed by atoms with E-state index in [2.05, 4.69) is 30.5 Å². The average Bonchev–Trinajstić information content (AvgIpc) is 3.54. The number of primary amides is 1. The van der Waals surface area contributed by atoms with Gasteiger partial charge in [-0.05, 0) is 18.6 Å². The van der Waals surface area contributed by atoms with E-state index >= 15 is 0 Å². The van der Waals surface area contributed by atoms with Crippen molar-refractivity contribution >= 4 is 75.2 Å². The SMILES string of the molecule is CO/N=C(\C(=O)N[C@@H]1C(=O)N2C(C(=O)O)=C(CSc3cc(C)nc4nc(C(N)=O)nn34)CS[C@H]12)c1csc(N)n1.[H-].[Na+]. The summed E-state index contributed by atoms with van der Waals surface area (Å²) < 4.78 is 1.35. The number of rotatable bonds is 9. The topological polar surface area (TPSA) is 233 Å².